The molecular formula is C15H19FN2O2S. The maximum atomic E-state index is 13.3. The molecule has 114 valence electrons. The maximum absolute atomic E-state index is 13.3. The van der Waals surface area contributed by atoms with E-state index in [1.165, 1.54) is 10.4 Å². The molecule has 1 atom stereocenters. The van der Waals surface area contributed by atoms with Gasteiger partial charge in [0, 0.05) is 13.1 Å². The van der Waals surface area contributed by atoms with Crippen LogP contribution in [0.5, 0.6) is 0 Å². The Morgan fingerprint density at radius 2 is 2.05 bits per heavy atom. The standard InChI is InChI=1S/C15H19FN2O2S/c1-15(2,3)12-6-7-18(10-12)21(19,20)13-4-5-14(16)11(8-13)9-17/h4-5,8,12H,6-7,10H2,1-3H3. The SMILES string of the molecule is CC(C)(C)C1CCN(S(=O)(=O)c2ccc(F)c(C#N)c2)C1. The minimum atomic E-state index is -3.67. The Morgan fingerprint density at radius 3 is 2.57 bits per heavy atom. The summed E-state index contributed by atoms with van der Waals surface area (Å²) in [7, 11) is -3.67. The predicted octanol–water partition coefficient (Wildman–Crippen LogP) is 2.75. The van der Waals surface area contributed by atoms with E-state index < -0.39 is 15.8 Å². The van der Waals surface area contributed by atoms with Crippen molar-refractivity contribution in [2.24, 2.45) is 11.3 Å². The van der Waals surface area contributed by atoms with E-state index in [4.69, 9.17) is 5.26 Å². The number of rotatable bonds is 2. The fourth-order valence-corrected chi connectivity index (χ4v) is 4.08. The van der Waals surface area contributed by atoms with E-state index in [1.54, 1.807) is 6.07 Å². The zero-order chi connectivity index (χ0) is 15.8. The Labute approximate surface area is 125 Å². The van der Waals surface area contributed by atoms with Gasteiger partial charge in [0.05, 0.1) is 10.5 Å². The summed E-state index contributed by atoms with van der Waals surface area (Å²) in [5, 5.41) is 8.82. The molecule has 1 aromatic carbocycles. The first-order valence-electron chi connectivity index (χ1n) is 6.86. The molecular weight excluding hydrogens is 291 g/mol. The van der Waals surface area contributed by atoms with Crippen molar-refractivity contribution in [3.63, 3.8) is 0 Å². The number of sulfonamides is 1. The van der Waals surface area contributed by atoms with E-state index in [0.29, 0.717) is 19.0 Å². The van der Waals surface area contributed by atoms with Gasteiger partial charge in [-0.2, -0.15) is 9.57 Å². The molecule has 1 saturated heterocycles. The molecule has 1 unspecified atom stereocenters. The fourth-order valence-electron chi connectivity index (χ4n) is 2.55. The first kappa shape index (κ1) is 15.9. The number of nitrogens with zero attached hydrogens (tertiary/aromatic N) is 2. The number of nitriles is 1. The third-order valence-corrected chi connectivity index (χ3v) is 5.93. The Morgan fingerprint density at radius 1 is 1.38 bits per heavy atom. The largest absolute Gasteiger partial charge is 0.243 e. The quantitative estimate of drug-likeness (QED) is 0.844. The summed E-state index contributed by atoms with van der Waals surface area (Å²) >= 11 is 0. The van der Waals surface area contributed by atoms with Gasteiger partial charge in [-0.05, 0) is 36.0 Å². The van der Waals surface area contributed by atoms with E-state index in [9.17, 15) is 12.8 Å². The lowest BCUT2D eigenvalue weighted by Gasteiger charge is -2.26. The van der Waals surface area contributed by atoms with Gasteiger partial charge in [-0.1, -0.05) is 20.8 Å². The highest BCUT2D eigenvalue weighted by atomic mass is 32.2. The number of hydrogen-bond acceptors (Lipinski definition) is 3. The molecule has 0 aliphatic carbocycles. The lowest BCUT2D eigenvalue weighted by Crippen LogP contribution is -2.31. The van der Waals surface area contributed by atoms with Crippen LogP contribution < -0.4 is 0 Å². The van der Waals surface area contributed by atoms with Crippen molar-refractivity contribution in [1.82, 2.24) is 4.31 Å². The van der Waals surface area contributed by atoms with Gasteiger partial charge < -0.3 is 0 Å². The summed E-state index contributed by atoms with van der Waals surface area (Å²) in [5.74, 6) is -0.409. The van der Waals surface area contributed by atoms with Crippen LogP contribution in [-0.2, 0) is 10.0 Å². The molecule has 1 aliphatic rings. The molecule has 0 radical (unpaired) electrons. The van der Waals surface area contributed by atoms with Crippen LogP contribution in [0.15, 0.2) is 23.1 Å². The van der Waals surface area contributed by atoms with Crippen LogP contribution in [-0.4, -0.2) is 25.8 Å². The van der Waals surface area contributed by atoms with Gasteiger partial charge in [0.2, 0.25) is 10.0 Å². The zero-order valence-electron chi connectivity index (χ0n) is 12.4. The monoisotopic (exact) mass is 310 g/mol. The molecule has 4 nitrogen and oxygen atoms in total. The smallest absolute Gasteiger partial charge is 0.207 e. The number of benzene rings is 1. The van der Waals surface area contributed by atoms with Crippen molar-refractivity contribution in [3.8, 4) is 6.07 Å². The Bertz CT molecular complexity index is 687. The first-order chi connectivity index (χ1) is 9.66. The molecule has 0 saturated carbocycles. The second-order valence-corrected chi connectivity index (χ2v) is 8.41. The highest BCUT2D eigenvalue weighted by molar-refractivity contribution is 7.89. The number of halogens is 1. The van der Waals surface area contributed by atoms with Crippen LogP contribution in [0.2, 0.25) is 0 Å². The van der Waals surface area contributed by atoms with Gasteiger partial charge in [-0.3, -0.25) is 0 Å². The molecule has 0 spiro atoms. The topological polar surface area (TPSA) is 61.2 Å². The van der Waals surface area contributed by atoms with Crippen molar-refractivity contribution >= 4 is 10.0 Å². The van der Waals surface area contributed by atoms with Crippen LogP contribution in [0.25, 0.3) is 0 Å². The van der Waals surface area contributed by atoms with E-state index in [2.05, 4.69) is 20.8 Å². The van der Waals surface area contributed by atoms with Gasteiger partial charge in [0.15, 0.2) is 0 Å². The summed E-state index contributed by atoms with van der Waals surface area (Å²) in [6, 6.07) is 5.03. The van der Waals surface area contributed by atoms with Gasteiger partial charge in [0.1, 0.15) is 11.9 Å². The van der Waals surface area contributed by atoms with Gasteiger partial charge in [0.25, 0.3) is 0 Å². The predicted molar refractivity (Wildman–Crippen MR) is 77.4 cm³/mol. The molecule has 6 heteroatoms. The van der Waals surface area contributed by atoms with Crippen LogP contribution in [0, 0.1) is 28.5 Å². The third kappa shape index (κ3) is 3.09. The molecule has 2 rings (SSSR count). The molecule has 0 N–H and O–H groups in total. The minimum Gasteiger partial charge on any atom is -0.207 e. The lowest BCUT2D eigenvalue weighted by atomic mass is 9.80. The van der Waals surface area contributed by atoms with Crippen molar-refractivity contribution in [2.45, 2.75) is 32.1 Å². The van der Waals surface area contributed by atoms with Crippen molar-refractivity contribution in [3.05, 3.63) is 29.6 Å². The van der Waals surface area contributed by atoms with Gasteiger partial charge >= 0.3 is 0 Å². The maximum Gasteiger partial charge on any atom is 0.243 e. The highest BCUT2D eigenvalue weighted by Crippen LogP contribution is 2.35. The Balaban J connectivity index is 2.30. The van der Waals surface area contributed by atoms with Gasteiger partial charge in [-0.25, -0.2) is 12.8 Å². The third-order valence-electron chi connectivity index (χ3n) is 4.07. The summed E-state index contributed by atoms with van der Waals surface area (Å²) in [6.45, 7) is 7.22. The fraction of sp³-hybridized carbons (Fsp3) is 0.533. The zero-order valence-corrected chi connectivity index (χ0v) is 13.2. The summed E-state index contributed by atoms with van der Waals surface area (Å²) in [4.78, 5) is -0.0185. The molecule has 0 amide bonds. The minimum absolute atomic E-state index is 0.0185. The molecule has 0 aromatic heterocycles. The van der Waals surface area contributed by atoms with E-state index >= 15 is 0 Å². The molecule has 1 aromatic rings. The Kier molecular flexibility index (Phi) is 4.09. The van der Waals surface area contributed by atoms with E-state index in [1.807, 2.05) is 0 Å². The lowest BCUT2D eigenvalue weighted by molar-refractivity contribution is 0.252. The average Bonchev–Trinajstić information content (AvgIpc) is 2.89. The van der Waals surface area contributed by atoms with Crippen LogP contribution in [0.4, 0.5) is 4.39 Å². The molecule has 0 bridgehead atoms. The highest BCUT2D eigenvalue weighted by Gasteiger charge is 2.37. The summed E-state index contributed by atoms with van der Waals surface area (Å²) in [5.41, 5.74) is -0.201. The summed E-state index contributed by atoms with van der Waals surface area (Å²) in [6.07, 6.45) is 0.815. The van der Waals surface area contributed by atoms with E-state index in [0.717, 1.165) is 18.6 Å². The second-order valence-electron chi connectivity index (χ2n) is 6.47. The molecule has 21 heavy (non-hydrogen) atoms. The van der Waals surface area contributed by atoms with Crippen molar-refractivity contribution in [2.75, 3.05) is 13.1 Å². The van der Waals surface area contributed by atoms with Crippen molar-refractivity contribution < 1.29 is 12.8 Å². The summed E-state index contributed by atoms with van der Waals surface area (Å²) < 4.78 is 39.9. The molecule has 1 fully saturated rings. The normalized spacial score (nSPS) is 20.4. The second kappa shape index (κ2) is 5.39. The average molecular weight is 310 g/mol. The number of hydrogen-bond donors (Lipinski definition) is 0. The van der Waals surface area contributed by atoms with Crippen molar-refractivity contribution in [1.29, 1.82) is 5.26 Å². The van der Waals surface area contributed by atoms with Crippen LogP contribution in [0.3, 0.4) is 0 Å². The van der Waals surface area contributed by atoms with Gasteiger partial charge in [-0.15, -0.1) is 0 Å². The molecule has 1 heterocycles. The van der Waals surface area contributed by atoms with Crippen LogP contribution >= 0.6 is 0 Å². The molecule has 1 aliphatic heterocycles. The van der Waals surface area contributed by atoms with E-state index in [-0.39, 0.29) is 15.9 Å². The Hall–Kier alpha value is -1.45. The first-order valence-corrected chi connectivity index (χ1v) is 8.30. The van der Waals surface area contributed by atoms with Crippen LogP contribution in [0.1, 0.15) is 32.8 Å².